The molecular formula is C28H26Cl2N2O4. The highest BCUT2D eigenvalue weighted by Crippen LogP contribution is 2.34. The lowest BCUT2D eigenvalue weighted by Crippen LogP contribution is -2.29. The van der Waals surface area contributed by atoms with Gasteiger partial charge in [-0.3, -0.25) is 4.79 Å². The third kappa shape index (κ3) is 5.83. The van der Waals surface area contributed by atoms with E-state index < -0.39 is 5.63 Å². The van der Waals surface area contributed by atoms with Crippen LogP contribution in [0.5, 0.6) is 5.75 Å². The fourth-order valence-corrected chi connectivity index (χ4v) is 4.60. The molecule has 2 heterocycles. The molecule has 1 fully saturated rings. The smallest absolute Gasteiger partial charge is 0.336 e. The van der Waals surface area contributed by atoms with E-state index in [1.54, 1.807) is 12.1 Å². The maximum absolute atomic E-state index is 12.5. The summed E-state index contributed by atoms with van der Waals surface area (Å²) in [6.45, 7) is 1.90. The van der Waals surface area contributed by atoms with Crippen molar-refractivity contribution in [2.45, 2.75) is 19.3 Å². The molecule has 8 heteroatoms. The number of hydrogen-bond donors (Lipinski definition) is 1. The first kappa shape index (κ1) is 25.6. The fourth-order valence-electron chi connectivity index (χ4n) is 4.38. The standard InChI is InChI=1S/C28H25ClN2O4.ClH/c29-24-15-23-22(19-7-3-1-4-8-19)16-28(33)35-25(23)17-26(24)34-18-27(32)30-20-9-11-21(12-10-20)31-13-5-2-6-14-31;/h1,3-4,7-12,15-17H,2,5-6,13-14,18H2,(H,30,32);1H. The maximum Gasteiger partial charge on any atom is 0.336 e. The monoisotopic (exact) mass is 524 g/mol. The van der Waals surface area contributed by atoms with Gasteiger partial charge in [-0.15, -0.1) is 12.4 Å². The number of fused-ring (bicyclic) bond motifs is 1. The minimum Gasteiger partial charge on any atom is -0.482 e. The van der Waals surface area contributed by atoms with Crippen LogP contribution in [0.3, 0.4) is 0 Å². The molecule has 36 heavy (non-hydrogen) atoms. The first-order chi connectivity index (χ1) is 17.1. The largest absolute Gasteiger partial charge is 0.482 e. The Labute approximate surface area is 220 Å². The minimum atomic E-state index is -0.477. The third-order valence-electron chi connectivity index (χ3n) is 6.11. The zero-order chi connectivity index (χ0) is 24.2. The number of nitrogens with one attached hydrogen (secondary N) is 1. The molecule has 6 nitrogen and oxygen atoms in total. The maximum atomic E-state index is 12.5. The molecule has 0 atom stereocenters. The SMILES string of the molecule is Cl.O=C(COc1cc2oc(=O)cc(-c3ccccc3)c2cc1Cl)Nc1ccc(N2CCCCC2)cc1. The van der Waals surface area contributed by atoms with Crippen molar-refractivity contribution in [2.24, 2.45) is 0 Å². The lowest BCUT2D eigenvalue weighted by atomic mass is 10.0. The van der Waals surface area contributed by atoms with Gasteiger partial charge in [-0.25, -0.2) is 4.79 Å². The predicted molar refractivity (Wildman–Crippen MR) is 147 cm³/mol. The zero-order valence-corrected chi connectivity index (χ0v) is 21.1. The molecule has 4 aromatic rings. The van der Waals surface area contributed by atoms with Gasteiger partial charge in [0.25, 0.3) is 5.91 Å². The van der Waals surface area contributed by atoms with E-state index in [0.29, 0.717) is 21.7 Å². The number of halogens is 2. The van der Waals surface area contributed by atoms with Crippen LogP contribution in [-0.2, 0) is 4.79 Å². The minimum absolute atomic E-state index is 0. The topological polar surface area (TPSA) is 71.8 Å². The average molecular weight is 525 g/mol. The summed E-state index contributed by atoms with van der Waals surface area (Å²) in [5, 5.41) is 3.85. The van der Waals surface area contributed by atoms with Crippen molar-refractivity contribution in [1.82, 2.24) is 0 Å². The Bertz CT molecular complexity index is 1400. The molecule has 0 radical (unpaired) electrons. The van der Waals surface area contributed by atoms with Gasteiger partial charge in [0.2, 0.25) is 0 Å². The first-order valence-corrected chi connectivity index (χ1v) is 12.0. The van der Waals surface area contributed by atoms with Gasteiger partial charge in [0.1, 0.15) is 11.3 Å². The average Bonchev–Trinajstić information content (AvgIpc) is 2.89. The molecule has 1 saturated heterocycles. The van der Waals surface area contributed by atoms with Gasteiger partial charge in [0.15, 0.2) is 6.61 Å². The van der Waals surface area contributed by atoms with Gasteiger partial charge in [0, 0.05) is 42.0 Å². The van der Waals surface area contributed by atoms with Crippen LogP contribution in [0.1, 0.15) is 19.3 Å². The number of rotatable bonds is 6. The number of nitrogens with zero attached hydrogens (tertiary/aromatic N) is 1. The Morgan fingerprint density at radius 3 is 2.42 bits per heavy atom. The van der Waals surface area contributed by atoms with Crippen molar-refractivity contribution in [3.63, 3.8) is 0 Å². The number of anilines is 2. The molecule has 1 aliphatic rings. The van der Waals surface area contributed by atoms with Crippen molar-refractivity contribution in [2.75, 3.05) is 29.9 Å². The predicted octanol–water partition coefficient (Wildman–Crippen LogP) is 6.54. The number of hydrogen-bond acceptors (Lipinski definition) is 5. The molecule has 1 aliphatic heterocycles. The van der Waals surface area contributed by atoms with E-state index in [1.165, 1.54) is 31.0 Å². The van der Waals surface area contributed by atoms with E-state index in [1.807, 2.05) is 54.6 Å². The van der Waals surface area contributed by atoms with Gasteiger partial charge in [-0.2, -0.15) is 0 Å². The van der Waals surface area contributed by atoms with Crippen molar-refractivity contribution >= 4 is 52.3 Å². The highest BCUT2D eigenvalue weighted by atomic mass is 35.5. The summed E-state index contributed by atoms with van der Waals surface area (Å²) in [6, 6.07) is 22.0. The molecule has 0 bridgehead atoms. The second-order valence-electron chi connectivity index (χ2n) is 8.56. The van der Waals surface area contributed by atoms with Crippen molar-refractivity contribution < 1.29 is 13.9 Å². The third-order valence-corrected chi connectivity index (χ3v) is 6.41. The second-order valence-corrected chi connectivity index (χ2v) is 8.96. The molecule has 3 aromatic carbocycles. The Hall–Kier alpha value is -3.48. The van der Waals surface area contributed by atoms with Gasteiger partial charge >= 0.3 is 5.63 Å². The number of ether oxygens (including phenoxy) is 1. The summed E-state index contributed by atoms with van der Waals surface area (Å²) in [4.78, 5) is 27.0. The van der Waals surface area contributed by atoms with Crippen LogP contribution in [0.25, 0.3) is 22.1 Å². The number of amides is 1. The highest BCUT2D eigenvalue weighted by molar-refractivity contribution is 6.33. The van der Waals surface area contributed by atoms with Crippen LogP contribution in [0.15, 0.2) is 82.0 Å². The summed E-state index contributed by atoms with van der Waals surface area (Å²) in [5.74, 6) is -0.0468. The van der Waals surface area contributed by atoms with Crippen LogP contribution in [0.4, 0.5) is 11.4 Å². The van der Waals surface area contributed by atoms with E-state index >= 15 is 0 Å². The summed E-state index contributed by atoms with van der Waals surface area (Å²) >= 11 is 6.46. The van der Waals surface area contributed by atoms with E-state index in [4.69, 9.17) is 20.8 Å². The van der Waals surface area contributed by atoms with E-state index in [-0.39, 0.29) is 30.7 Å². The summed E-state index contributed by atoms with van der Waals surface area (Å²) in [5.41, 5.74) is 3.32. The van der Waals surface area contributed by atoms with Crippen LogP contribution in [-0.4, -0.2) is 25.6 Å². The van der Waals surface area contributed by atoms with Crippen LogP contribution >= 0.6 is 24.0 Å². The second kappa shape index (κ2) is 11.5. The lowest BCUT2D eigenvalue weighted by Gasteiger charge is -2.28. The molecule has 1 amide bonds. The number of benzene rings is 3. The van der Waals surface area contributed by atoms with Crippen molar-refractivity contribution in [3.8, 4) is 16.9 Å². The first-order valence-electron chi connectivity index (χ1n) is 11.7. The van der Waals surface area contributed by atoms with Crippen molar-refractivity contribution in [1.29, 1.82) is 0 Å². The Kier molecular flexibility index (Phi) is 8.18. The van der Waals surface area contributed by atoms with Crippen LogP contribution in [0.2, 0.25) is 5.02 Å². The van der Waals surface area contributed by atoms with Crippen LogP contribution in [0, 0.1) is 0 Å². The Morgan fingerprint density at radius 1 is 0.972 bits per heavy atom. The van der Waals surface area contributed by atoms with Gasteiger partial charge < -0.3 is 19.4 Å². The Balaban J connectivity index is 0.00000304. The number of carbonyl (C=O) groups excluding carboxylic acids is 1. The molecule has 0 spiro atoms. The Morgan fingerprint density at radius 2 is 1.69 bits per heavy atom. The normalized spacial score (nSPS) is 13.2. The molecule has 1 N–H and O–H groups in total. The lowest BCUT2D eigenvalue weighted by molar-refractivity contribution is -0.118. The van der Waals surface area contributed by atoms with Gasteiger partial charge in [-0.1, -0.05) is 41.9 Å². The van der Waals surface area contributed by atoms with Gasteiger partial charge in [0.05, 0.1) is 5.02 Å². The molecule has 0 saturated carbocycles. The molecule has 186 valence electrons. The van der Waals surface area contributed by atoms with Crippen molar-refractivity contribution in [3.05, 3.63) is 88.2 Å². The fraction of sp³-hybridized carbons (Fsp3) is 0.214. The summed E-state index contributed by atoms with van der Waals surface area (Å²) < 4.78 is 11.1. The van der Waals surface area contributed by atoms with E-state index in [2.05, 4.69) is 10.2 Å². The van der Waals surface area contributed by atoms with E-state index in [0.717, 1.165) is 24.2 Å². The molecular weight excluding hydrogens is 499 g/mol. The summed E-state index contributed by atoms with van der Waals surface area (Å²) in [6.07, 6.45) is 3.71. The number of piperidine rings is 1. The molecule has 1 aromatic heterocycles. The highest BCUT2D eigenvalue weighted by Gasteiger charge is 2.14. The number of carbonyl (C=O) groups is 1. The quantitative estimate of drug-likeness (QED) is 0.290. The summed E-state index contributed by atoms with van der Waals surface area (Å²) in [7, 11) is 0. The van der Waals surface area contributed by atoms with Crippen LogP contribution < -0.4 is 20.6 Å². The van der Waals surface area contributed by atoms with E-state index in [9.17, 15) is 9.59 Å². The molecule has 5 rings (SSSR count). The van der Waals surface area contributed by atoms with Gasteiger partial charge in [-0.05, 0) is 60.7 Å². The molecule has 0 unspecified atom stereocenters. The zero-order valence-electron chi connectivity index (χ0n) is 19.5. The molecule has 0 aliphatic carbocycles.